The number of carbonyl (C=O) groups is 1. The van der Waals surface area contributed by atoms with Crippen molar-refractivity contribution in [3.63, 3.8) is 0 Å². The number of hydrogen-bond donors (Lipinski definition) is 1. The molecule has 1 heterocycles. The summed E-state index contributed by atoms with van der Waals surface area (Å²) in [7, 11) is 0. The van der Waals surface area contributed by atoms with E-state index >= 15 is 0 Å². The van der Waals surface area contributed by atoms with Crippen molar-refractivity contribution < 1.29 is 14.6 Å². The van der Waals surface area contributed by atoms with Gasteiger partial charge in [0.25, 0.3) is 5.91 Å². The minimum absolute atomic E-state index is 0.213. The molecule has 1 N–H and O–H groups in total. The van der Waals surface area contributed by atoms with Crippen molar-refractivity contribution in [2.75, 3.05) is 6.61 Å². The highest BCUT2D eigenvalue weighted by Crippen LogP contribution is 2.35. The number of rotatable bonds is 4. The van der Waals surface area contributed by atoms with Crippen LogP contribution >= 0.6 is 11.6 Å². The predicted molar refractivity (Wildman–Crippen MR) is 101 cm³/mol. The van der Waals surface area contributed by atoms with E-state index in [0.717, 1.165) is 16.1 Å². The summed E-state index contributed by atoms with van der Waals surface area (Å²) in [5, 5.41) is 17.0. The molecule has 1 aliphatic rings. The molecule has 3 rings (SSSR count). The summed E-state index contributed by atoms with van der Waals surface area (Å²) >= 11 is 5.92. The average molecular weight is 373 g/mol. The third kappa shape index (κ3) is 3.59. The second kappa shape index (κ2) is 7.09. The van der Waals surface area contributed by atoms with Crippen LogP contribution in [0.25, 0.3) is 0 Å². The van der Waals surface area contributed by atoms with E-state index in [1.165, 1.54) is 0 Å². The van der Waals surface area contributed by atoms with Crippen molar-refractivity contribution in [2.45, 2.75) is 32.9 Å². The van der Waals surface area contributed by atoms with Gasteiger partial charge in [-0.25, -0.2) is 0 Å². The van der Waals surface area contributed by atoms with E-state index in [1.807, 2.05) is 32.0 Å². The molecule has 26 heavy (non-hydrogen) atoms. The van der Waals surface area contributed by atoms with Crippen molar-refractivity contribution >= 4 is 23.2 Å². The summed E-state index contributed by atoms with van der Waals surface area (Å²) in [6, 6.07) is 12.4. The predicted octanol–water partition coefficient (Wildman–Crippen LogP) is 3.79. The van der Waals surface area contributed by atoms with Gasteiger partial charge in [0.1, 0.15) is 5.75 Å². The first-order chi connectivity index (χ1) is 12.3. The molecular weight excluding hydrogens is 352 g/mol. The maximum Gasteiger partial charge on any atom is 0.283 e. The standard InChI is InChI=1S/C20H21ClN2O3/c1-13-4-9-18(10-14(13)2)26-12-19(24)23-20(25,11-15(3)22-23)16-5-7-17(21)8-6-16/h4-10,25H,11-12H2,1-3H3/t20-/m1/s1. The van der Waals surface area contributed by atoms with Gasteiger partial charge in [0.2, 0.25) is 0 Å². The van der Waals surface area contributed by atoms with Crippen LogP contribution in [0.1, 0.15) is 30.0 Å². The van der Waals surface area contributed by atoms with Gasteiger partial charge in [0.15, 0.2) is 12.3 Å². The van der Waals surface area contributed by atoms with E-state index in [-0.39, 0.29) is 13.0 Å². The monoisotopic (exact) mass is 372 g/mol. The van der Waals surface area contributed by atoms with Gasteiger partial charge >= 0.3 is 0 Å². The number of amides is 1. The van der Waals surface area contributed by atoms with Crippen LogP contribution in [0.3, 0.4) is 0 Å². The Morgan fingerprint density at radius 2 is 1.88 bits per heavy atom. The van der Waals surface area contributed by atoms with Gasteiger partial charge in [-0.15, -0.1) is 0 Å². The van der Waals surface area contributed by atoms with Crippen LogP contribution in [0.2, 0.25) is 5.02 Å². The molecule has 0 radical (unpaired) electrons. The summed E-state index contributed by atoms with van der Waals surface area (Å²) in [6.07, 6.45) is 0.240. The van der Waals surface area contributed by atoms with Crippen molar-refractivity contribution in [3.8, 4) is 5.75 Å². The van der Waals surface area contributed by atoms with E-state index in [4.69, 9.17) is 16.3 Å². The molecule has 2 aromatic carbocycles. The van der Waals surface area contributed by atoms with Gasteiger partial charge in [0.05, 0.1) is 0 Å². The molecule has 0 spiro atoms. The van der Waals surface area contributed by atoms with Gasteiger partial charge in [0, 0.05) is 22.7 Å². The van der Waals surface area contributed by atoms with Crippen LogP contribution in [-0.4, -0.2) is 28.3 Å². The summed E-state index contributed by atoms with van der Waals surface area (Å²) in [5.74, 6) is 0.189. The number of halogens is 1. The van der Waals surface area contributed by atoms with Crippen molar-refractivity contribution in [1.29, 1.82) is 0 Å². The first-order valence-corrected chi connectivity index (χ1v) is 8.73. The zero-order chi connectivity index (χ0) is 18.9. The molecule has 1 aliphatic heterocycles. The van der Waals surface area contributed by atoms with Gasteiger partial charge in [-0.05, 0) is 56.2 Å². The highest BCUT2D eigenvalue weighted by Gasteiger charge is 2.44. The smallest absolute Gasteiger partial charge is 0.283 e. The summed E-state index contributed by atoms with van der Waals surface area (Å²) in [6.45, 7) is 5.56. The summed E-state index contributed by atoms with van der Waals surface area (Å²) < 4.78 is 5.61. The summed E-state index contributed by atoms with van der Waals surface area (Å²) in [5.41, 5.74) is 1.94. The van der Waals surface area contributed by atoms with Gasteiger partial charge in [-0.2, -0.15) is 10.1 Å². The Bertz CT molecular complexity index is 864. The quantitative estimate of drug-likeness (QED) is 0.888. The van der Waals surface area contributed by atoms with E-state index in [1.54, 1.807) is 31.2 Å². The van der Waals surface area contributed by atoms with Crippen LogP contribution in [-0.2, 0) is 10.5 Å². The van der Waals surface area contributed by atoms with Crippen LogP contribution in [0, 0.1) is 13.8 Å². The minimum atomic E-state index is -1.53. The molecule has 2 aromatic rings. The first kappa shape index (κ1) is 18.4. The maximum absolute atomic E-state index is 12.7. The zero-order valence-electron chi connectivity index (χ0n) is 15.0. The lowest BCUT2D eigenvalue weighted by molar-refractivity contribution is -0.159. The topological polar surface area (TPSA) is 62.1 Å². The Labute approximate surface area is 157 Å². The summed E-state index contributed by atoms with van der Waals surface area (Å²) in [4.78, 5) is 12.7. The Balaban J connectivity index is 1.77. The van der Waals surface area contributed by atoms with E-state index in [0.29, 0.717) is 22.0 Å². The zero-order valence-corrected chi connectivity index (χ0v) is 15.7. The van der Waals surface area contributed by atoms with E-state index < -0.39 is 11.6 Å². The number of aryl methyl sites for hydroxylation is 2. The van der Waals surface area contributed by atoms with Crippen LogP contribution in [0.4, 0.5) is 0 Å². The Hall–Kier alpha value is -2.37. The fraction of sp³-hybridized carbons (Fsp3) is 0.300. The number of aliphatic hydroxyl groups is 1. The first-order valence-electron chi connectivity index (χ1n) is 8.35. The van der Waals surface area contributed by atoms with Crippen LogP contribution in [0.5, 0.6) is 5.75 Å². The molecule has 1 atom stereocenters. The Morgan fingerprint density at radius 3 is 2.54 bits per heavy atom. The molecule has 0 fully saturated rings. The Kier molecular flexibility index (Phi) is 5.03. The number of benzene rings is 2. The Morgan fingerprint density at radius 1 is 1.19 bits per heavy atom. The number of hydrogen-bond acceptors (Lipinski definition) is 4. The highest BCUT2D eigenvalue weighted by molar-refractivity contribution is 6.30. The van der Waals surface area contributed by atoms with Crippen molar-refractivity contribution in [2.24, 2.45) is 5.10 Å². The molecular formula is C20H21ClN2O3. The molecule has 1 amide bonds. The van der Waals surface area contributed by atoms with Crippen LogP contribution in [0.15, 0.2) is 47.6 Å². The lowest BCUT2D eigenvalue weighted by atomic mass is 9.98. The van der Waals surface area contributed by atoms with E-state index in [9.17, 15) is 9.90 Å². The number of nitrogens with zero attached hydrogens (tertiary/aromatic N) is 2. The second-order valence-corrected chi connectivity index (χ2v) is 7.01. The molecule has 5 nitrogen and oxygen atoms in total. The van der Waals surface area contributed by atoms with E-state index in [2.05, 4.69) is 5.10 Å². The largest absolute Gasteiger partial charge is 0.484 e. The molecule has 136 valence electrons. The van der Waals surface area contributed by atoms with Crippen molar-refractivity contribution in [1.82, 2.24) is 5.01 Å². The van der Waals surface area contributed by atoms with Gasteiger partial charge in [-0.3, -0.25) is 4.79 Å². The van der Waals surface area contributed by atoms with Crippen molar-refractivity contribution in [3.05, 3.63) is 64.2 Å². The fourth-order valence-corrected chi connectivity index (χ4v) is 3.06. The minimum Gasteiger partial charge on any atom is -0.484 e. The molecule has 0 unspecified atom stereocenters. The second-order valence-electron chi connectivity index (χ2n) is 6.58. The molecule has 0 aliphatic carbocycles. The third-order valence-electron chi connectivity index (χ3n) is 4.51. The van der Waals surface area contributed by atoms with Crippen LogP contribution < -0.4 is 4.74 Å². The SMILES string of the molecule is CC1=NN(C(=O)COc2ccc(C)c(C)c2)[C@](O)(c2ccc(Cl)cc2)C1. The highest BCUT2D eigenvalue weighted by atomic mass is 35.5. The van der Waals surface area contributed by atoms with Gasteiger partial charge in [-0.1, -0.05) is 29.8 Å². The fourth-order valence-electron chi connectivity index (χ4n) is 2.93. The molecule has 0 bridgehead atoms. The van der Waals surface area contributed by atoms with Gasteiger partial charge < -0.3 is 9.84 Å². The number of ether oxygens (including phenoxy) is 1. The normalized spacial score (nSPS) is 19.4. The molecule has 0 aromatic heterocycles. The molecule has 0 saturated heterocycles. The number of hydrazone groups is 1. The lowest BCUT2D eigenvalue weighted by Gasteiger charge is -2.31. The molecule has 6 heteroatoms. The average Bonchev–Trinajstić information content (AvgIpc) is 2.92. The number of carbonyl (C=O) groups excluding carboxylic acids is 1. The third-order valence-corrected chi connectivity index (χ3v) is 4.76. The maximum atomic E-state index is 12.7. The lowest BCUT2D eigenvalue weighted by Crippen LogP contribution is -2.45. The molecule has 0 saturated carbocycles.